The Morgan fingerprint density at radius 2 is 1.92 bits per heavy atom. The van der Waals surface area contributed by atoms with E-state index in [0.717, 1.165) is 21.3 Å². The first-order chi connectivity index (χ1) is 12.1. The van der Waals surface area contributed by atoms with E-state index in [1.165, 1.54) is 6.33 Å². The summed E-state index contributed by atoms with van der Waals surface area (Å²) in [5.41, 5.74) is 3.28. The Morgan fingerprint density at radius 1 is 1.12 bits per heavy atom. The Hall–Kier alpha value is -2.80. The second-order valence-electron chi connectivity index (χ2n) is 5.42. The number of nitrogens with zero attached hydrogens (tertiary/aromatic N) is 3. The van der Waals surface area contributed by atoms with E-state index in [4.69, 9.17) is 0 Å². The van der Waals surface area contributed by atoms with Crippen LogP contribution in [0.25, 0.3) is 0 Å². The van der Waals surface area contributed by atoms with E-state index in [-0.39, 0.29) is 5.91 Å². The molecule has 2 N–H and O–H groups in total. The summed E-state index contributed by atoms with van der Waals surface area (Å²) in [7, 11) is 0. The van der Waals surface area contributed by atoms with Gasteiger partial charge in [0.2, 0.25) is 0 Å². The lowest BCUT2D eigenvalue weighted by atomic mass is 10.2. The summed E-state index contributed by atoms with van der Waals surface area (Å²) in [5.74, 6) is 0.306. The number of anilines is 2. The Morgan fingerprint density at radius 3 is 2.68 bits per heavy atom. The van der Waals surface area contributed by atoms with Crippen molar-refractivity contribution in [3.05, 3.63) is 76.4 Å². The molecule has 7 heteroatoms. The monoisotopic (exact) mass is 397 g/mol. The maximum Gasteiger partial charge on any atom is 0.270 e. The molecule has 25 heavy (non-hydrogen) atoms. The average molecular weight is 398 g/mol. The first-order valence-electron chi connectivity index (χ1n) is 7.64. The Balaban J connectivity index is 1.68. The van der Waals surface area contributed by atoms with Gasteiger partial charge in [-0.25, -0.2) is 9.97 Å². The van der Waals surface area contributed by atoms with Crippen LogP contribution < -0.4 is 10.6 Å². The average Bonchev–Trinajstić information content (AvgIpc) is 2.64. The van der Waals surface area contributed by atoms with Gasteiger partial charge in [-0.3, -0.25) is 9.78 Å². The predicted molar refractivity (Wildman–Crippen MR) is 99.6 cm³/mol. The highest BCUT2D eigenvalue weighted by Crippen LogP contribution is 2.22. The number of aromatic nitrogens is 3. The maximum atomic E-state index is 12.3. The van der Waals surface area contributed by atoms with Crippen LogP contribution in [0.2, 0.25) is 0 Å². The van der Waals surface area contributed by atoms with Gasteiger partial charge in [-0.2, -0.15) is 0 Å². The van der Waals surface area contributed by atoms with Gasteiger partial charge in [0.25, 0.3) is 5.91 Å². The molecule has 0 atom stereocenters. The number of rotatable bonds is 5. The second kappa shape index (κ2) is 7.85. The number of carbonyl (C=O) groups is 1. The molecule has 0 saturated heterocycles. The van der Waals surface area contributed by atoms with Crippen molar-refractivity contribution < 1.29 is 4.79 Å². The minimum Gasteiger partial charge on any atom is -0.347 e. The molecule has 2 heterocycles. The number of amides is 1. The Kier molecular flexibility index (Phi) is 5.35. The van der Waals surface area contributed by atoms with Crippen molar-refractivity contribution in [2.24, 2.45) is 0 Å². The number of carbonyl (C=O) groups excluding carboxylic acids is 1. The number of pyridine rings is 1. The molecule has 0 spiro atoms. The zero-order chi connectivity index (χ0) is 17.6. The molecule has 0 radical (unpaired) electrons. The molecule has 0 fully saturated rings. The van der Waals surface area contributed by atoms with Gasteiger partial charge in [-0.1, -0.05) is 15.9 Å². The summed E-state index contributed by atoms with van der Waals surface area (Å²) in [6.07, 6.45) is 4.75. The number of hydrogen-bond donors (Lipinski definition) is 2. The molecule has 2 aromatic heterocycles. The van der Waals surface area contributed by atoms with E-state index < -0.39 is 0 Å². The lowest BCUT2D eigenvalue weighted by Crippen LogP contribution is -2.24. The first-order valence-corrected chi connectivity index (χ1v) is 8.43. The van der Waals surface area contributed by atoms with Gasteiger partial charge in [0, 0.05) is 35.2 Å². The van der Waals surface area contributed by atoms with Crippen molar-refractivity contribution in [3.63, 3.8) is 0 Å². The zero-order valence-corrected chi connectivity index (χ0v) is 15.1. The SMILES string of the molecule is Cc1cc(Nc2cc(C(=O)NCc3ccncc3)ncn2)ccc1Br. The van der Waals surface area contributed by atoms with Crippen molar-refractivity contribution in [3.8, 4) is 0 Å². The van der Waals surface area contributed by atoms with Crippen LogP contribution in [-0.2, 0) is 6.54 Å². The van der Waals surface area contributed by atoms with Gasteiger partial charge in [-0.05, 0) is 48.4 Å². The lowest BCUT2D eigenvalue weighted by molar-refractivity contribution is 0.0946. The van der Waals surface area contributed by atoms with Crippen molar-refractivity contribution >= 4 is 33.3 Å². The molecule has 0 unspecified atom stereocenters. The van der Waals surface area contributed by atoms with Crippen LogP contribution in [0.4, 0.5) is 11.5 Å². The number of halogens is 1. The molecule has 0 aliphatic heterocycles. The topological polar surface area (TPSA) is 79.8 Å². The Bertz CT molecular complexity index is 886. The fraction of sp³-hybridized carbons (Fsp3) is 0.111. The molecule has 6 nitrogen and oxygen atoms in total. The summed E-state index contributed by atoms with van der Waals surface area (Å²) >= 11 is 3.47. The fourth-order valence-corrected chi connectivity index (χ4v) is 2.44. The van der Waals surface area contributed by atoms with Crippen LogP contribution in [0.1, 0.15) is 21.6 Å². The van der Waals surface area contributed by atoms with Gasteiger partial charge < -0.3 is 10.6 Å². The molecular weight excluding hydrogens is 382 g/mol. The third kappa shape index (κ3) is 4.60. The summed E-state index contributed by atoms with van der Waals surface area (Å²) in [6.45, 7) is 2.42. The summed E-state index contributed by atoms with van der Waals surface area (Å²) < 4.78 is 1.04. The molecule has 3 aromatic rings. The van der Waals surface area contributed by atoms with Crippen molar-refractivity contribution in [2.45, 2.75) is 13.5 Å². The molecular formula is C18H16BrN5O. The minimum absolute atomic E-state index is 0.255. The predicted octanol–water partition coefficient (Wildman–Crippen LogP) is 3.62. The van der Waals surface area contributed by atoms with Crippen LogP contribution in [0.3, 0.4) is 0 Å². The van der Waals surface area contributed by atoms with Crippen molar-refractivity contribution in [1.82, 2.24) is 20.3 Å². The molecule has 0 bridgehead atoms. The largest absolute Gasteiger partial charge is 0.347 e. The first kappa shape index (κ1) is 17.0. The van der Waals surface area contributed by atoms with Crippen LogP contribution in [0, 0.1) is 6.92 Å². The van der Waals surface area contributed by atoms with Gasteiger partial charge >= 0.3 is 0 Å². The maximum absolute atomic E-state index is 12.3. The summed E-state index contributed by atoms with van der Waals surface area (Å²) in [4.78, 5) is 24.4. The third-order valence-electron chi connectivity index (χ3n) is 3.53. The van der Waals surface area contributed by atoms with Crippen LogP contribution in [0.15, 0.2) is 59.6 Å². The number of benzene rings is 1. The normalized spacial score (nSPS) is 10.3. The number of nitrogens with one attached hydrogen (secondary N) is 2. The van der Waals surface area contributed by atoms with Gasteiger partial charge in [0.05, 0.1) is 0 Å². The Labute approximate surface area is 153 Å². The summed E-state index contributed by atoms with van der Waals surface area (Å²) in [5, 5.41) is 6.01. The highest BCUT2D eigenvalue weighted by molar-refractivity contribution is 9.10. The molecule has 126 valence electrons. The molecule has 1 amide bonds. The van der Waals surface area contributed by atoms with Crippen molar-refractivity contribution in [1.29, 1.82) is 0 Å². The van der Waals surface area contributed by atoms with Crippen molar-refractivity contribution in [2.75, 3.05) is 5.32 Å². The quantitative estimate of drug-likeness (QED) is 0.687. The van der Waals surface area contributed by atoms with Gasteiger partial charge in [-0.15, -0.1) is 0 Å². The fourth-order valence-electron chi connectivity index (χ4n) is 2.19. The standard InChI is InChI=1S/C18H16BrN5O/c1-12-8-14(2-3-15(12)19)24-17-9-16(22-11-23-17)18(25)21-10-13-4-6-20-7-5-13/h2-9,11H,10H2,1H3,(H,21,25)(H,22,23,24). The highest BCUT2D eigenvalue weighted by atomic mass is 79.9. The van der Waals surface area contributed by atoms with Gasteiger partial charge in [0.15, 0.2) is 0 Å². The van der Waals surface area contributed by atoms with E-state index in [0.29, 0.717) is 18.1 Å². The van der Waals surface area contributed by atoms with Crippen LogP contribution in [-0.4, -0.2) is 20.9 Å². The molecule has 0 saturated carbocycles. The van der Waals surface area contributed by atoms with E-state index in [1.54, 1.807) is 18.5 Å². The van der Waals surface area contributed by atoms with Crippen LogP contribution >= 0.6 is 15.9 Å². The molecule has 0 aliphatic rings. The third-order valence-corrected chi connectivity index (χ3v) is 4.42. The number of hydrogen-bond acceptors (Lipinski definition) is 5. The van der Waals surface area contributed by atoms with Gasteiger partial charge in [0.1, 0.15) is 17.8 Å². The van der Waals surface area contributed by atoms with E-state index in [1.807, 2.05) is 37.3 Å². The zero-order valence-electron chi connectivity index (χ0n) is 13.5. The smallest absolute Gasteiger partial charge is 0.270 e. The number of aryl methyl sites for hydroxylation is 1. The highest BCUT2D eigenvalue weighted by Gasteiger charge is 2.09. The van der Waals surface area contributed by atoms with E-state index >= 15 is 0 Å². The van der Waals surface area contributed by atoms with E-state index in [9.17, 15) is 4.79 Å². The molecule has 3 rings (SSSR count). The minimum atomic E-state index is -0.255. The van der Waals surface area contributed by atoms with E-state index in [2.05, 4.69) is 41.5 Å². The lowest BCUT2D eigenvalue weighted by Gasteiger charge is -2.09. The molecule has 1 aromatic carbocycles. The van der Waals surface area contributed by atoms with Crippen LogP contribution in [0.5, 0.6) is 0 Å². The molecule has 0 aliphatic carbocycles. The second-order valence-corrected chi connectivity index (χ2v) is 6.27. The summed E-state index contributed by atoms with van der Waals surface area (Å²) in [6, 6.07) is 11.2.